The van der Waals surface area contributed by atoms with Gasteiger partial charge in [-0.2, -0.15) is 0 Å². The second-order valence-electron chi connectivity index (χ2n) is 1.33. The van der Waals surface area contributed by atoms with Crippen molar-refractivity contribution >= 4 is 0 Å². The van der Waals surface area contributed by atoms with E-state index in [-0.39, 0.29) is 0 Å². The minimum Gasteiger partial charge on any atom is -0.384 e. The quantitative estimate of drug-likeness (QED) is 0.327. The molecule has 0 radical (unpaired) electrons. The van der Waals surface area contributed by atoms with Gasteiger partial charge in [0.15, 0.2) is 0 Å². The van der Waals surface area contributed by atoms with E-state index in [1.165, 1.54) is 5.01 Å². The van der Waals surface area contributed by atoms with Crippen LogP contribution in [-0.4, -0.2) is 12.1 Å². The van der Waals surface area contributed by atoms with Crippen molar-refractivity contribution in [2.24, 2.45) is 16.1 Å². The first kappa shape index (κ1) is 7.50. The highest BCUT2D eigenvalue weighted by Gasteiger charge is 1.88. The Labute approximate surface area is 54.0 Å². The minimum absolute atomic E-state index is 0.300. The van der Waals surface area contributed by atoms with Gasteiger partial charge in [0.1, 0.15) is 5.82 Å². The molecule has 4 heteroatoms. The second-order valence-corrected chi connectivity index (χ2v) is 1.33. The molecule has 0 heterocycles. The Morgan fingerprint density at radius 1 is 1.89 bits per heavy atom. The molecular weight excluding hydrogens is 116 g/mol. The number of hydrogen-bond acceptors (Lipinski definition) is 3. The summed E-state index contributed by atoms with van der Waals surface area (Å²) in [4.78, 5) is 0. The maximum Gasteiger partial charge on any atom is 0.114 e. The van der Waals surface area contributed by atoms with E-state index in [1.54, 1.807) is 7.05 Å². The molecule has 0 aliphatic carbocycles. The Morgan fingerprint density at radius 2 is 2.44 bits per heavy atom. The molecule has 0 aromatic rings. The second kappa shape index (κ2) is 3.50. The molecule has 0 aliphatic heterocycles. The van der Waals surface area contributed by atoms with E-state index >= 15 is 0 Å². The summed E-state index contributed by atoms with van der Waals surface area (Å²) in [5, 5.41) is 7.95. The van der Waals surface area contributed by atoms with Crippen LogP contribution < -0.4 is 5.73 Å². The molecule has 48 valence electrons. The van der Waals surface area contributed by atoms with Crippen molar-refractivity contribution in [3.63, 3.8) is 0 Å². The molecule has 0 rings (SSSR count). The molecule has 4 nitrogen and oxygen atoms in total. The van der Waals surface area contributed by atoms with E-state index in [9.17, 15) is 0 Å². The number of rotatable bonds is 2. The van der Waals surface area contributed by atoms with Gasteiger partial charge in [0, 0.05) is 7.05 Å². The van der Waals surface area contributed by atoms with Gasteiger partial charge in [-0.3, -0.25) is 0 Å². The molecule has 0 aromatic heterocycles. The van der Waals surface area contributed by atoms with E-state index in [0.717, 1.165) is 0 Å². The molecular formula is C5H8N4. The van der Waals surface area contributed by atoms with Crippen molar-refractivity contribution < 1.29 is 0 Å². The fourth-order valence-electron chi connectivity index (χ4n) is 0.150. The average molecular weight is 124 g/mol. The van der Waals surface area contributed by atoms with Crippen LogP contribution in [0, 0.1) is 12.5 Å². The van der Waals surface area contributed by atoms with Gasteiger partial charge < -0.3 is 5.73 Å². The van der Waals surface area contributed by atoms with E-state index in [2.05, 4.69) is 16.9 Å². The normalized spacial score (nSPS) is 8.89. The summed E-state index contributed by atoms with van der Waals surface area (Å²) < 4.78 is 0. The van der Waals surface area contributed by atoms with Crippen LogP contribution in [0.3, 0.4) is 0 Å². The summed E-state index contributed by atoms with van der Waals surface area (Å²) in [5.41, 5.74) is 5.19. The fraction of sp³-hybridized carbons (Fsp3) is 0.200. The van der Waals surface area contributed by atoms with Crippen LogP contribution in [0.2, 0.25) is 0 Å². The molecule has 2 N–H and O–H groups in total. The van der Waals surface area contributed by atoms with Crippen LogP contribution >= 0.6 is 0 Å². The van der Waals surface area contributed by atoms with Gasteiger partial charge in [-0.05, 0) is 0 Å². The van der Waals surface area contributed by atoms with Gasteiger partial charge in [-0.15, -0.1) is 0 Å². The summed E-state index contributed by atoms with van der Waals surface area (Å²) in [7, 11) is 1.60. The number of hydrogen-bond donors (Lipinski definition) is 1. The van der Waals surface area contributed by atoms with Gasteiger partial charge in [0.25, 0.3) is 0 Å². The number of nitrogens with zero attached hydrogens (tertiary/aromatic N) is 3. The summed E-state index contributed by atoms with van der Waals surface area (Å²) in [5.74, 6) is 0.300. The Bertz CT molecular complexity index is 164. The summed E-state index contributed by atoms with van der Waals surface area (Å²) in [6.45, 7) is 3.39. The van der Waals surface area contributed by atoms with Gasteiger partial charge in [0.2, 0.25) is 0 Å². The van der Waals surface area contributed by atoms with Crippen LogP contribution in [0.25, 0.3) is 0 Å². The van der Waals surface area contributed by atoms with Crippen molar-refractivity contribution in [2.75, 3.05) is 7.05 Å². The summed E-state index contributed by atoms with van der Waals surface area (Å²) in [6, 6.07) is 1.97. The SMILES string of the molecule is C#CN=NN(C)C(=C)N. The summed E-state index contributed by atoms with van der Waals surface area (Å²) >= 11 is 0. The fourth-order valence-corrected chi connectivity index (χ4v) is 0.150. The first-order chi connectivity index (χ1) is 4.18. The lowest BCUT2D eigenvalue weighted by Crippen LogP contribution is -2.15. The van der Waals surface area contributed by atoms with Gasteiger partial charge in [-0.25, -0.2) is 5.01 Å². The highest BCUT2D eigenvalue weighted by Crippen LogP contribution is 1.88. The van der Waals surface area contributed by atoms with E-state index in [4.69, 9.17) is 12.2 Å². The zero-order valence-electron chi connectivity index (χ0n) is 5.20. The van der Waals surface area contributed by atoms with Gasteiger partial charge in [0.05, 0.1) is 6.04 Å². The van der Waals surface area contributed by atoms with Crippen LogP contribution in [0.4, 0.5) is 0 Å². The molecule has 0 saturated heterocycles. The number of terminal acetylenes is 1. The minimum atomic E-state index is 0.300. The van der Waals surface area contributed by atoms with Gasteiger partial charge in [-0.1, -0.05) is 23.3 Å². The van der Waals surface area contributed by atoms with E-state index in [0.29, 0.717) is 5.82 Å². The van der Waals surface area contributed by atoms with Crippen molar-refractivity contribution in [3.05, 3.63) is 12.4 Å². The van der Waals surface area contributed by atoms with Crippen molar-refractivity contribution in [1.29, 1.82) is 0 Å². The molecule has 0 amide bonds. The first-order valence-electron chi connectivity index (χ1n) is 2.23. The van der Waals surface area contributed by atoms with E-state index in [1.807, 2.05) is 6.04 Å². The lowest BCUT2D eigenvalue weighted by Gasteiger charge is -2.06. The maximum absolute atomic E-state index is 5.19. The molecule has 0 aromatic carbocycles. The smallest absolute Gasteiger partial charge is 0.114 e. The monoisotopic (exact) mass is 124 g/mol. The maximum atomic E-state index is 5.19. The summed E-state index contributed by atoms with van der Waals surface area (Å²) in [6.07, 6.45) is 4.77. The van der Waals surface area contributed by atoms with E-state index < -0.39 is 0 Å². The third-order valence-electron chi connectivity index (χ3n) is 0.652. The lowest BCUT2D eigenvalue weighted by atomic mass is 10.8. The van der Waals surface area contributed by atoms with Crippen LogP contribution in [-0.2, 0) is 0 Å². The molecule has 9 heavy (non-hydrogen) atoms. The Hall–Kier alpha value is -1.50. The molecule has 0 unspecified atom stereocenters. The Morgan fingerprint density at radius 3 is 2.78 bits per heavy atom. The molecule has 0 aliphatic rings. The molecule has 0 spiro atoms. The largest absolute Gasteiger partial charge is 0.384 e. The van der Waals surface area contributed by atoms with Crippen LogP contribution in [0.15, 0.2) is 22.7 Å². The standard InChI is InChI=1S/C5H8N4/c1-4-7-8-9(3)5(2)6/h1H,2,6H2,3H3. The van der Waals surface area contributed by atoms with Crippen molar-refractivity contribution in [3.8, 4) is 12.5 Å². The van der Waals surface area contributed by atoms with Crippen molar-refractivity contribution in [1.82, 2.24) is 5.01 Å². The number of nitrogens with two attached hydrogens (primary N) is 1. The highest BCUT2D eigenvalue weighted by molar-refractivity contribution is 4.82. The third-order valence-corrected chi connectivity index (χ3v) is 0.652. The zero-order valence-corrected chi connectivity index (χ0v) is 5.20. The van der Waals surface area contributed by atoms with Gasteiger partial charge >= 0.3 is 0 Å². The first-order valence-corrected chi connectivity index (χ1v) is 2.23. The molecule has 0 atom stereocenters. The van der Waals surface area contributed by atoms with Crippen molar-refractivity contribution in [2.45, 2.75) is 0 Å². The highest BCUT2D eigenvalue weighted by atomic mass is 15.5. The third kappa shape index (κ3) is 3.12. The predicted molar refractivity (Wildman–Crippen MR) is 34.8 cm³/mol. The molecule has 0 bridgehead atoms. The zero-order chi connectivity index (χ0) is 7.28. The Kier molecular flexibility index (Phi) is 2.91. The molecule has 0 saturated carbocycles. The Balaban J connectivity index is 3.80. The van der Waals surface area contributed by atoms with Crippen LogP contribution in [0.1, 0.15) is 0 Å². The lowest BCUT2D eigenvalue weighted by molar-refractivity contribution is 0.415. The van der Waals surface area contributed by atoms with Crippen LogP contribution in [0.5, 0.6) is 0 Å². The topological polar surface area (TPSA) is 54.0 Å². The average Bonchev–Trinajstić information content (AvgIpc) is 1.82. The molecule has 0 fully saturated rings. The predicted octanol–water partition coefficient (Wildman–Crippen LogP) is 0.306.